The molecule has 1 aliphatic carbocycles. The molecule has 1 aromatic rings. The second-order valence-corrected chi connectivity index (χ2v) is 6.68. The molecule has 2 rings (SSSR count). The second kappa shape index (κ2) is 4.40. The zero-order valence-electron chi connectivity index (χ0n) is 9.80. The lowest BCUT2D eigenvalue weighted by molar-refractivity contribution is 0.145. The van der Waals surface area contributed by atoms with E-state index in [1.807, 2.05) is 0 Å². The molecule has 1 aromatic carbocycles. The van der Waals surface area contributed by atoms with Gasteiger partial charge in [0.15, 0.2) is 9.84 Å². The highest BCUT2D eigenvalue weighted by Crippen LogP contribution is 2.51. The lowest BCUT2D eigenvalue weighted by Crippen LogP contribution is -2.28. The minimum absolute atomic E-state index is 0.345. The van der Waals surface area contributed by atoms with Gasteiger partial charge in [0, 0.05) is 19.1 Å². The minimum Gasteiger partial charge on any atom is -0.384 e. The maximum absolute atomic E-state index is 12.3. The van der Waals surface area contributed by atoms with E-state index in [1.54, 1.807) is 37.4 Å². The molecule has 1 fully saturated rings. The average Bonchev–Trinajstić information content (AvgIpc) is 3.07. The molecule has 1 saturated carbocycles. The fraction of sp³-hybridized carbons (Fsp3) is 0.500. The van der Waals surface area contributed by atoms with Crippen LogP contribution < -0.4 is 5.73 Å². The number of hydrogen-bond donors (Lipinski definition) is 1. The normalized spacial score (nSPS) is 28.0. The van der Waals surface area contributed by atoms with Crippen LogP contribution in [0, 0.1) is 5.41 Å². The van der Waals surface area contributed by atoms with Crippen molar-refractivity contribution in [3.63, 3.8) is 0 Å². The number of nitrogens with two attached hydrogens (primary N) is 1. The van der Waals surface area contributed by atoms with E-state index in [-0.39, 0.29) is 5.41 Å². The molecule has 0 saturated heterocycles. The Kier molecular flexibility index (Phi) is 3.25. The number of sulfone groups is 1. The first-order chi connectivity index (χ1) is 8.07. The highest BCUT2D eigenvalue weighted by Gasteiger charge is 2.60. The first-order valence-electron chi connectivity index (χ1n) is 5.55. The van der Waals surface area contributed by atoms with Crippen LogP contribution in [0.3, 0.4) is 0 Å². The Morgan fingerprint density at radius 2 is 2.06 bits per heavy atom. The summed E-state index contributed by atoms with van der Waals surface area (Å²) in [7, 11) is -1.70. The van der Waals surface area contributed by atoms with Gasteiger partial charge < -0.3 is 10.5 Å². The molecule has 4 nitrogen and oxygen atoms in total. The molecule has 0 radical (unpaired) electrons. The minimum atomic E-state index is -3.27. The van der Waals surface area contributed by atoms with Gasteiger partial charge in [-0.2, -0.15) is 0 Å². The van der Waals surface area contributed by atoms with Gasteiger partial charge in [-0.05, 0) is 18.6 Å². The summed E-state index contributed by atoms with van der Waals surface area (Å²) >= 11 is 0. The highest BCUT2D eigenvalue weighted by molar-refractivity contribution is 7.92. The van der Waals surface area contributed by atoms with Crippen LogP contribution in [-0.4, -0.2) is 33.9 Å². The molecule has 0 aromatic heterocycles. The molecule has 94 valence electrons. The van der Waals surface area contributed by atoms with Crippen LogP contribution >= 0.6 is 0 Å². The van der Waals surface area contributed by atoms with Crippen molar-refractivity contribution in [2.24, 2.45) is 11.1 Å². The molecule has 0 heterocycles. The maximum Gasteiger partial charge on any atom is 0.181 e. The van der Waals surface area contributed by atoms with Gasteiger partial charge >= 0.3 is 0 Å². The third-order valence-electron chi connectivity index (χ3n) is 3.40. The van der Waals surface area contributed by atoms with Crippen LogP contribution in [0.4, 0.5) is 0 Å². The van der Waals surface area contributed by atoms with Crippen LogP contribution in [0.5, 0.6) is 0 Å². The van der Waals surface area contributed by atoms with Crippen molar-refractivity contribution in [1.82, 2.24) is 0 Å². The van der Waals surface area contributed by atoms with Gasteiger partial charge in [0.2, 0.25) is 0 Å². The third kappa shape index (κ3) is 2.10. The Hall–Kier alpha value is -0.910. The first kappa shape index (κ1) is 12.5. The second-order valence-electron chi connectivity index (χ2n) is 4.55. The molecule has 0 amide bonds. The van der Waals surface area contributed by atoms with Gasteiger partial charge in [0.05, 0.1) is 16.8 Å². The predicted molar refractivity (Wildman–Crippen MR) is 65.4 cm³/mol. The third-order valence-corrected chi connectivity index (χ3v) is 5.74. The van der Waals surface area contributed by atoms with Gasteiger partial charge in [-0.15, -0.1) is 0 Å². The molecule has 0 aliphatic heterocycles. The molecule has 2 atom stereocenters. The predicted octanol–water partition coefficient (Wildman–Crippen LogP) is 0.824. The molecule has 5 heteroatoms. The lowest BCUT2D eigenvalue weighted by Gasteiger charge is -2.13. The topological polar surface area (TPSA) is 69.4 Å². The number of benzene rings is 1. The summed E-state index contributed by atoms with van der Waals surface area (Å²) in [5, 5.41) is -0.401. The van der Waals surface area contributed by atoms with Crippen LogP contribution in [0.1, 0.15) is 6.42 Å². The summed E-state index contributed by atoms with van der Waals surface area (Å²) in [5.41, 5.74) is 5.29. The van der Waals surface area contributed by atoms with Crippen LogP contribution in [-0.2, 0) is 14.6 Å². The summed E-state index contributed by atoms with van der Waals surface area (Å²) in [4.78, 5) is 0.372. The fourth-order valence-corrected chi connectivity index (χ4v) is 4.48. The van der Waals surface area contributed by atoms with E-state index >= 15 is 0 Å². The smallest absolute Gasteiger partial charge is 0.181 e. The number of rotatable bonds is 5. The SMILES string of the molecule is COC[C@@]1(CN)C[C@H]1S(=O)(=O)c1ccccc1. The molecule has 1 aliphatic rings. The van der Waals surface area contributed by atoms with E-state index in [0.717, 1.165) is 0 Å². The first-order valence-corrected chi connectivity index (χ1v) is 7.09. The van der Waals surface area contributed by atoms with Gasteiger partial charge in [-0.3, -0.25) is 0 Å². The van der Waals surface area contributed by atoms with Crippen molar-refractivity contribution >= 4 is 9.84 Å². The molecule has 0 bridgehead atoms. The Morgan fingerprint density at radius 1 is 1.41 bits per heavy atom. The van der Waals surface area contributed by atoms with Gasteiger partial charge in [0.25, 0.3) is 0 Å². The number of hydrogen-bond acceptors (Lipinski definition) is 4. The van der Waals surface area contributed by atoms with Gasteiger partial charge in [0.1, 0.15) is 0 Å². The van der Waals surface area contributed by atoms with Crippen molar-refractivity contribution < 1.29 is 13.2 Å². The Morgan fingerprint density at radius 3 is 2.59 bits per heavy atom. The highest BCUT2D eigenvalue weighted by atomic mass is 32.2. The quantitative estimate of drug-likeness (QED) is 0.846. The Labute approximate surface area is 102 Å². The average molecular weight is 255 g/mol. The maximum atomic E-state index is 12.3. The zero-order valence-corrected chi connectivity index (χ0v) is 10.6. The standard InChI is InChI=1S/C12H17NO3S/c1-16-9-12(8-13)7-11(12)17(14,15)10-5-3-2-4-6-10/h2-6,11H,7-9,13H2,1H3/t11-,12+/m1/s1. The Balaban J connectivity index is 2.26. The molecular formula is C12H17NO3S. The summed E-state index contributed by atoms with van der Waals surface area (Å²) < 4.78 is 29.7. The van der Waals surface area contributed by atoms with E-state index in [4.69, 9.17) is 10.5 Å². The van der Waals surface area contributed by atoms with Crippen LogP contribution in [0.25, 0.3) is 0 Å². The van der Waals surface area contributed by atoms with Crippen molar-refractivity contribution in [3.05, 3.63) is 30.3 Å². The van der Waals surface area contributed by atoms with Crippen molar-refractivity contribution in [2.75, 3.05) is 20.3 Å². The summed E-state index contributed by atoms with van der Waals surface area (Å²) in [5.74, 6) is 0. The van der Waals surface area contributed by atoms with E-state index < -0.39 is 15.1 Å². The number of ether oxygens (including phenoxy) is 1. The fourth-order valence-electron chi connectivity index (χ4n) is 2.24. The van der Waals surface area contributed by atoms with Gasteiger partial charge in [-0.25, -0.2) is 8.42 Å². The van der Waals surface area contributed by atoms with Crippen LogP contribution in [0.15, 0.2) is 35.2 Å². The van der Waals surface area contributed by atoms with E-state index in [9.17, 15) is 8.42 Å². The van der Waals surface area contributed by atoms with Gasteiger partial charge in [-0.1, -0.05) is 18.2 Å². The van der Waals surface area contributed by atoms with Crippen molar-refractivity contribution in [1.29, 1.82) is 0 Å². The molecule has 0 unspecified atom stereocenters. The molecule has 2 N–H and O–H groups in total. The van der Waals surface area contributed by atoms with Crippen molar-refractivity contribution in [3.8, 4) is 0 Å². The summed E-state index contributed by atoms with van der Waals surface area (Å²) in [6, 6.07) is 8.52. The lowest BCUT2D eigenvalue weighted by atomic mass is 10.1. The molecule has 0 spiro atoms. The van der Waals surface area contributed by atoms with Crippen LogP contribution in [0.2, 0.25) is 0 Å². The molecule has 17 heavy (non-hydrogen) atoms. The summed E-state index contributed by atoms with van der Waals surface area (Å²) in [6.07, 6.45) is 0.592. The largest absolute Gasteiger partial charge is 0.384 e. The monoisotopic (exact) mass is 255 g/mol. The number of methoxy groups -OCH3 is 1. The van der Waals surface area contributed by atoms with E-state index in [0.29, 0.717) is 24.5 Å². The van der Waals surface area contributed by atoms with Crippen molar-refractivity contribution in [2.45, 2.75) is 16.6 Å². The van der Waals surface area contributed by atoms with E-state index in [2.05, 4.69) is 0 Å². The van der Waals surface area contributed by atoms with E-state index in [1.165, 1.54) is 0 Å². The Bertz CT molecular complexity index is 486. The summed E-state index contributed by atoms with van der Waals surface area (Å²) in [6.45, 7) is 0.748. The molecular weight excluding hydrogens is 238 g/mol. The zero-order chi connectivity index (χ0) is 12.5.